The van der Waals surface area contributed by atoms with Crippen LogP contribution in [0.5, 0.6) is 0 Å². The van der Waals surface area contributed by atoms with Gasteiger partial charge in [0.2, 0.25) is 9.84 Å². The van der Waals surface area contributed by atoms with Crippen molar-refractivity contribution in [2.24, 2.45) is 0 Å². The van der Waals surface area contributed by atoms with Crippen molar-refractivity contribution in [3.8, 4) is 0 Å². The van der Waals surface area contributed by atoms with Crippen molar-refractivity contribution in [1.29, 1.82) is 0 Å². The van der Waals surface area contributed by atoms with Crippen molar-refractivity contribution in [1.82, 2.24) is 5.32 Å². The molecule has 4 N–H and O–H groups in total. The Morgan fingerprint density at radius 3 is 2.34 bits per heavy atom. The number of carboxylic acids is 1. The van der Waals surface area contributed by atoms with Crippen molar-refractivity contribution < 1.29 is 23.4 Å². The van der Waals surface area contributed by atoms with Crippen molar-refractivity contribution in [3.63, 3.8) is 0 Å². The fraction of sp³-hybridized carbons (Fsp3) is 0.240. The van der Waals surface area contributed by atoms with E-state index >= 15 is 0 Å². The topological polar surface area (TPSA) is 116 Å². The molecule has 0 unspecified atom stereocenters. The molecule has 0 fully saturated rings. The van der Waals surface area contributed by atoms with E-state index < -0.39 is 21.9 Å². The van der Waals surface area contributed by atoms with Crippen molar-refractivity contribution in [2.75, 3.05) is 25.0 Å². The van der Waals surface area contributed by atoms with Gasteiger partial charge in [-0.3, -0.25) is 0 Å². The van der Waals surface area contributed by atoms with Gasteiger partial charge >= 0.3 is 5.97 Å². The first-order valence-corrected chi connectivity index (χ1v) is 12.7. The maximum absolute atomic E-state index is 13.0. The van der Waals surface area contributed by atoms with Crippen LogP contribution in [0.1, 0.15) is 34.5 Å². The number of rotatable bonds is 11. The molecule has 0 saturated heterocycles. The number of hydrogen-bond donors (Lipinski definition) is 4. The molecule has 1 atom stereocenters. The molecule has 0 heterocycles. The Morgan fingerprint density at radius 1 is 1.03 bits per heavy atom. The van der Waals surface area contributed by atoms with Gasteiger partial charge in [0.05, 0.1) is 21.5 Å². The smallest absolute Gasteiger partial charge is 0.337 e. The fourth-order valence-electron chi connectivity index (χ4n) is 3.49. The van der Waals surface area contributed by atoms with E-state index in [0.717, 1.165) is 11.1 Å². The molecular weight excluding hydrogens is 511 g/mol. The van der Waals surface area contributed by atoms with E-state index in [-0.39, 0.29) is 27.8 Å². The van der Waals surface area contributed by atoms with Crippen LogP contribution in [0.25, 0.3) is 0 Å². The van der Waals surface area contributed by atoms with E-state index in [4.69, 9.17) is 11.6 Å². The molecule has 0 aliphatic carbocycles. The minimum atomic E-state index is -3.86. The molecule has 0 bridgehead atoms. The van der Waals surface area contributed by atoms with Crippen LogP contribution in [0.2, 0.25) is 5.02 Å². The molecule has 0 spiro atoms. The van der Waals surface area contributed by atoms with Gasteiger partial charge in [-0.2, -0.15) is 0 Å². The van der Waals surface area contributed by atoms with Gasteiger partial charge in [-0.15, -0.1) is 12.4 Å². The van der Waals surface area contributed by atoms with Crippen molar-refractivity contribution in [3.05, 3.63) is 88.4 Å². The number of anilines is 1. The highest BCUT2D eigenvalue weighted by Gasteiger charge is 2.21. The zero-order chi connectivity index (χ0) is 24.7. The first-order chi connectivity index (χ1) is 16.2. The molecule has 0 aromatic heterocycles. The number of aliphatic hydroxyl groups is 1. The van der Waals surface area contributed by atoms with Crippen LogP contribution < -0.4 is 10.6 Å². The molecule has 0 aliphatic heterocycles. The average molecular weight is 539 g/mol. The van der Waals surface area contributed by atoms with E-state index in [1.807, 2.05) is 13.0 Å². The molecule has 3 rings (SSSR count). The van der Waals surface area contributed by atoms with Gasteiger partial charge in [0.25, 0.3) is 0 Å². The number of carbonyl (C=O) groups is 1. The van der Waals surface area contributed by atoms with Crippen LogP contribution >= 0.6 is 24.0 Å². The van der Waals surface area contributed by atoms with E-state index in [0.29, 0.717) is 36.8 Å². The predicted octanol–water partition coefficient (Wildman–Crippen LogP) is 4.59. The van der Waals surface area contributed by atoms with Crippen LogP contribution in [-0.4, -0.2) is 44.2 Å². The lowest BCUT2D eigenvalue weighted by Gasteiger charge is -2.13. The van der Waals surface area contributed by atoms with Crippen LogP contribution in [-0.2, 0) is 16.3 Å². The normalized spacial score (nSPS) is 12.0. The second-order valence-electron chi connectivity index (χ2n) is 7.72. The first kappa shape index (κ1) is 28.6. The quantitative estimate of drug-likeness (QED) is 0.264. The highest BCUT2D eigenvalue weighted by Crippen LogP contribution is 2.26. The third-order valence-corrected chi connectivity index (χ3v) is 7.30. The second-order valence-corrected chi connectivity index (χ2v) is 10.1. The molecule has 3 aromatic carbocycles. The maximum Gasteiger partial charge on any atom is 0.337 e. The Labute approximate surface area is 216 Å². The molecule has 0 aliphatic rings. The van der Waals surface area contributed by atoms with Crippen molar-refractivity contribution >= 4 is 45.5 Å². The molecule has 188 valence electrons. The summed E-state index contributed by atoms with van der Waals surface area (Å²) in [6.07, 6.45) is -0.0378. The zero-order valence-electron chi connectivity index (χ0n) is 19.1. The van der Waals surface area contributed by atoms with E-state index in [1.165, 1.54) is 30.3 Å². The molecule has 0 radical (unpaired) electrons. The summed E-state index contributed by atoms with van der Waals surface area (Å²) in [6, 6.07) is 17.6. The SMILES string of the molecule is CCNc1ccc(S(=O)(=O)c2ccc(CCNC[C@@H](O)c3cccc(Cl)c3)cc2)cc1C(=O)O.Cl. The Morgan fingerprint density at radius 2 is 1.71 bits per heavy atom. The highest BCUT2D eigenvalue weighted by atomic mass is 35.5. The lowest BCUT2D eigenvalue weighted by Crippen LogP contribution is -2.23. The van der Waals surface area contributed by atoms with Crippen LogP contribution in [0, 0.1) is 0 Å². The number of sulfone groups is 1. The number of benzene rings is 3. The summed E-state index contributed by atoms with van der Waals surface area (Å²) in [4.78, 5) is 11.6. The second kappa shape index (κ2) is 12.9. The van der Waals surface area contributed by atoms with E-state index in [1.54, 1.807) is 30.3 Å². The first-order valence-electron chi connectivity index (χ1n) is 10.8. The maximum atomic E-state index is 13.0. The fourth-order valence-corrected chi connectivity index (χ4v) is 4.97. The number of halogens is 2. The highest BCUT2D eigenvalue weighted by molar-refractivity contribution is 7.91. The molecule has 0 saturated carbocycles. The van der Waals surface area contributed by atoms with Gasteiger partial charge in [-0.1, -0.05) is 35.9 Å². The predicted molar refractivity (Wildman–Crippen MR) is 140 cm³/mol. The Hall–Kier alpha value is -2.62. The van der Waals surface area contributed by atoms with Gasteiger partial charge < -0.3 is 20.8 Å². The van der Waals surface area contributed by atoms with Gasteiger partial charge in [0.1, 0.15) is 0 Å². The number of hydrogen-bond acceptors (Lipinski definition) is 6. The molecule has 0 amide bonds. The summed E-state index contributed by atoms with van der Waals surface area (Å²) in [5.74, 6) is -1.20. The molecule has 3 aromatic rings. The number of nitrogens with one attached hydrogen (secondary N) is 2. The largest absolute Gasteiger partial charge is 0.478 e. The van der Waals surface area contributed by atoms with Gasteiger partial charge in [0.15, 0.2) is 0 Å². The van der Waals surface area contributed by atoms with E-state index in [9.17, 15) is 23.4 Å². The lowest BCUT2D eigenvalue weighted by molar-refractivity contribution is 0.0697. The Kier molecular flexibility index (Phi) is 10.5. The number of aliphatic hydroxyl groups excluding tert-OH is 1. The third-order valence-electron chi connectivity index (χ3n) is 5.29. The minimum absolute atomic E-state index is 0. The van der Waals surface area contributed by atoms with E-state index in [2.05, 4.69) is 10.6 Å². The summed E-state index contributed by atoms with van der Waals surface area (Å²) in [5, 5.41) is 26.4. The summed E-state index contributed by atoms with van der Waals surface area (Å²) in [5.41, 5.74) is 1.94. The number of carboxylic acid groups (broad SMARTS) is 1. The molecule has 10 heteroatoms. The Bertz CT molecular complexity index is 1250. The average Bonchev–Trinajstić information content (AvgIpc) is 2.82. The standard InChI is InChI=1S/C25H27ClN2O5S.ClH/c1-2-28-23-11-10-21(15-22(23)25(30)31)34(32,33)20-8-6-17(7-9-20)12-13-27-16-24(29)18-4-3-5-19(26)14-18;/h3-11,14-15,24,27-29H,2,12-13,16H2,1H3,(H,30,31);1H/t24-;/m1./s1. The molecule has 35 heavy (non-hydrogen) atoms. The van der Waals surface area contributed by atoms with Crippen molar-refractivity contribution in [2.45, 2.75) is 29.2 Å². The number of aromatic carboxylic acids is 1. The third kappa shape index (κ3) is 7.43. The van der Waals surface area contributed by atoms with Gasteiger partial charge in [-0.05, 0) is 73.5 Å². The summed E-state index contributed by atoms with van der Waals surface area (Å²) >= 11 is 5.95. The summed E-state index contributed by atoms with van der Waals surface area (Å²) in [7, 11) is -3.86. The van der Waals surface area contributed by atoms with Crippen LogP contribution in [0.4, 0.5) is 5.69 Å². The summed E-state index contributed by atoms with van der Waals surface area (Å²) < 4.78 is 26.0. The Balaban J connectivity index is 0.00000432. The minimum Gasteiger partial charge on any atom is -0.478 e. The monoisotopic (exact) mass is 538 g/mol. The van der Waals surface area contributed by atoms with Gasteiger partial charge in [0, 0.05) is 23.8 Å². The van der Waals surface area contributed by atoms with Crippen LogP contribution in [0.3, 0.4) is 0 Å². The lowest BCUT2D eigenvalue weighted by atomic mass is 10.1. The zero-order valence-corrected chi connectivity index (χ0v) is 21.5. The molecular formula is C25H28Cl2N2O5S. The van der Waals surface area contributed by atoms with Crippen LogP contribution in [0.15, 0.2) is 76.5 Å². The van der Waals surface area contributed by atoms with Gasteiger partial charge in [-0.25, -0.2) is 13.2 Å². The molecule has 7 nitrogen and oxygen atoms in total. The summed E-state index contributed by atoms with van der Waals surface area (Å²) in [6.45, 7) is 3.30.